The van der Waals surface area contributed by atoms with Gasteiger partial charge in [0.2, 0.25) is 0 Å². The Morgan fingerprint density at radius 2 is 1.95 bits per heavy atom. The van der Waals surface area contributed by atoms with Gasteiger partial charge in [-0.05, 0) is 6.42 Å². The van der Waals surface area contributed by atoms with E-state index in [2.05, 4.69) is 4.98 Å². The van der Waals surface area contributed by atoms with Crippen molar-refractivity contribution in [1.29, 1.82) is 0 Å². The van der Waals surface area contributed by atoms with Gasteiger partial charge < -0.3 is 15.0 Å². The lowest BCUT2D eigenvalue weighted by molar-refractivity contribution is 0.175. The Morgan fingerprint density at radius 3 is 2.52 bits per heavy atom. The molecule has 0 aliphatic carbocycles. The topological polar surface area (TPSA) is 97.1 Å². The minimum absolute atomic E-state index is 0.197. The number of hydrogen-bond donors (Lipinski definition) is 1. The Kier molecular flexibility index (Phi) is 4.29. The van der Waals surface area contributed by atoms with Crippen molar-refractivity contribution in [2.75, 3.05) is 7.11 Å². The summed E-state index contributed by atoms with van der Waals surface area (Å²) in [6.07, 6.45) is 0.688. The van der Waals surface area contributed by atoms with Crippen molar-refractivity contribution < 1.29 is 4.74 Å². The minimum Gasteiger partial charge on any atom is -0.377 e. The molecule has 8 nitrogen and oxygen atoms in total. The zero-order valence-electron chi connectivity index (χ0n) is 12.8. The molecule has 2 heterocycles. The van der Waals surface area contributed by atoms with Gasteiger partial charge in [0, 0.05) is 33.8 Å². The molecule has 0 bridgehead atoms. The van der Waals surface area contributed by atoms with Crippen LogP contribution in [0.2, 0.25) is 0 Å². The summed E-state index contributed by atoms with van der Waals surface area (Å²) in [7, 11) is 4.89. The van der Waals surface area contributed by atoms with E-state index in [-0.39, 0.29) is 24.8 Å². The Bertz CT molecular complexity index is 771. The number of nitrogens with two attached hydrogens (primary N) is 1. The second-order valence-electron chi connectivity index (χ2n) is 5.12. The fourth-order valence-electron chi connectivity index (χ4n) is 2.27. The predicted octanol–water partition coefficient (Wildman–Crippen LogP) is -0.683. The number of rotatable bonds is 5. The molecule has 2 aromatic heterocycles. The fraction of sp³-hybridized carbons (Fsp3) is 0.615. The minimum atomic E-state index is -0.404. The Morgan fingerprint density at radius 1 is 1.29 bits per heavy atom. The number of nitrogens with zero attached hydrogens (tertiary/aromatic N) is 4. The maximum Gasteiger partial charge on any atom is 0.332 e. The SMILES string of the molecule is CCC(N)Cn1c(=O)c2c(nc(COC)n2C)n(C)c1=O. The van der Waals surface area contributed by atoms with E-state index < -0.39 is 5.69 Å². The van der Waals surface area contributed by atoms with Crippen LogP contribution in [0.5, 0.6) is 0 Å². The van der Waals surface area contributed by atoms with Crippen LogP contribution in [-0.2, 0) is 32.0 Å². The number of methoxy groups -OCH3 is 1. The fourth-order valence-corrected chi connectivity index (χ4v) is 2.27. The highest BCUT2D eigenvalue weighted by molar-refractivity contribution is 5.70. The largest absolute Gasteiger partial charge is 0.377 e. The number of imidazole rings is 1. The van der Waals surface area contributed by atoms with Gasteiger partial charge in [-0.15, -0.1) is 0 Å². The summed E-state index contributed by atoms with van der Waals surface area (Å²) in [5.74, 6) is 0.595. The summed E-state index contributed by atoms with van der Waals surface area (Å²) in [5.41, 5.74) is 5.85. The molecule has 0 aliphatic heterocycles. The van der Waals surface area contributed by atoms with Gasteiger partial charge in [-0.25, -0.2) is 9.78 Å². The summed E-state index contributed by atoms with van der Waals surface area (Å²) in [6.45, 7) is 2.38. The molecule has 0 fully saturated rings. The van der Waals surface area contributed by atoms with Crippen molar-refractivity contribution in [1.82, 2.24) is 18.7 Å². The molecule has 0 amide bonds. The molecule has 1 unspecified atom stereocenters. The standard InChI is InChI=1S/C13H21N5O3/c1-5-8(14)6-18-12(19)10-11(17(3)13(18)20)15-9(7-21-4)16(10)2/h8H,5-7,14H2,1-4H3. The number of aryl methyl sites for hydroxylation is 2. The van der Waals surface area contributed by atoms with Gasteiger partial charge in [0.05, 0.1) is 0 Å². The first kappa shape index (κ1) is 15.5. The van der Waals surface area contributed by atoms with Gasteiger partial charge in [-0.2, -0.15) is 0 Å². The van der Waals surface area contributed by atoms with Gasteiger partial charge in [0.1, 0.15) is 12.4 Å². The summed E-state index contributed by atoms with van der Waals surface area (Å²) in [6, 6.07) is -0.237. The quantitative estimate of drug-likeness (QED) is 0.788. The molecule has 0 saturated heterocycles. The molecule has 0 spiro atoms. The highest BCUT2D eigenvalue weighted by Gasteiger charge is 2.19. The van der Waals surface area contributed by atoms with E-state index in [0.29, 0.717) is 23.4 Å². The van der Waals surface area contributed by atoms with E-state index in [4.69, 9.17) is 10.5 Å². The van der Waals surface area contributed by atoms with E-state index >= 15 is 0 Å². The predicted molar refractivity (Wildman–Crippen MR) is 79.2 cm³/mol. The maximum atomic E-state index is 12.6. The first-order valence-electron chi connectivity index (χ1n) is 6.82. The lowest BCUT2D eigenvalue weighted by Gasteiger charge is -2.12. The van der Waals surface area contributed by atoms with Crippen LogP contribution in [0.25, 0.3) is 11.2 Å². The van der Waals surface area contributed by atoms with Crippen molar-refractivity contribution in [3.63, 3.8) is 0 Å². The van der Waals surface area contributed by atoms with Crippen LogP contribution in [0.1, 0.15) is 19.2 Å². The molecule has 8 heteroatoms. The van der Waals surface area contributed by atoms with Gasteiger partial charge in [-0.1, -0.05) is 6.92 Å². The first-order valence-corrected chi connectivity index (χ1v) is 6.82. The van der Waals surface area contributed by atoms with E-state index in [0.717, 1.165) is 0 Å². The zero-order chi connectivity index (χ0) is 15.7. The zero-order valence-corrected chi connectivity index (χ0v) is 12.8. The van der Waals surface area contributed by atoms with Crippen LogP contribution in [-0.4, -0.2) is 31.8 Å². The van der Waals surface area contributed by atoms with Crippen LogP contribution in [0.4, 0.5) is 0 Å². The van der Waals surface area contributed by atoms with E-state index in [1.54, 1.807) is 25.8 Å². The molecular formula is C13H21N5O3. The molecule has 21 heavy (non-hydrogen) atoms. The molecule has 0 aliphatic rings. The summed E-state index contributed by atoms with van der Waals surface area (Å²) in [4.78, 5) is 29.2. The third-order valence-electron chi connectivity index (χ3n) is 3.67. The highest BCUT2D eigenvalue weighted by atomic mass is 16.5. The normalized spacial score (nSPS) is 13.0. The maximum absolute atomic E-state index is 12.6. The Balaban J connectivity index is 2.76. The van der Waals surface area contributed by atoms with Crippen molar-refractivity contribution in [2.24, 2.45) is 19.8 Å². The smallest absolute Gasteiger partial charge is 0.332 e. The lowest BCUT2D eigenvalue weighted by atomic mass is 10.2. The molecule has 2 aromatic rings. The lowest BCUT2D eigenvalue weighted by Crippen LogP contribution is -2.43. The van der Waals surface area contributed by atoms with Crippen LogP contribution < -0.4 is 17.0 Å². The van der Waals surface area contributed by atoms with Crippen molar-refractivity contribution >= 4 is 11.2 Å². The highest BCUT2D eigenvalue weighted by Crippen LogP contribution is 2.09. The molecule has 0 radical (unpaired) electrons. The van der Waals surface area contributed by atoms with Gasteiger partial charge >= 0.3 is 5.69 Å². The summed E-state index contributed by atoms with van der Waals surface area (Å²) < 4.78 is 9.27. The summed E-state index contributed by atoms with van der Waals surface area (Å²) >= 11 is 0. The van der Waals surface area contributed by atoms with Crippen LogP contribution in [0.3, 0.4) is 0 Å². The second kappa shape index (κ2) is 5.82. The average Bonchev–Trinajstić information content (AvgIpc) is 2.79. The molecular weight excluding hydrogens is 274 g/mol. The van der Waals surface area contributed by atoms with Crippen LogP contribution >= 0.6 is 0 Å². The molecule has 0 aromatic carbocycles. The van der Waals surface area contributed by atoms with Crippen molar-refractivity contribution in [3.8, 4) is 0 Å². The molecule has 2 N–H and O–H groups in total. The Hall–Kier alpha value is -1.93. The monoisotopic (exact) mass is 295 g/mol. The van der Waals surface area contributed by atoms with Gasteiger partial charge in [0.15, 0.2) is 11.2 Å². The van der Waals surface area contributed by atoms with E-state index in [1.807, 2.05) is 6.92 Å². The van der Waals surface area contributed by atoms with Crippen LogP contribution in [0, 0.1) is 0 Å². The van der Waals surface area contributed by atoms with Gasteiger partial charge in [-0.3, -0.25) is 13.9 Å². The third-order valence-corrected chi connectivity index (χ3v) is 3.67. The molecule has 0 saturated carbocycles. The van der Waals surface area contributed by atoms with Crippen molar-refractivity contribution in [3.05, 3.63) is 26.7 Å². The molecule has 116 valence electrons. The number of hydrogen-bond acceptors (Lipinski definition) is 5. The van der Waals surface area contributed by atoms with Gasteiger partial charge in [0.25, 0.3) is 5.56 Å². The average molecular weight is 295 g/mol. The third kappa shape index (κ3) is 2.52. The van der Waals surface area contributed by atoms with E-state index in [1.165, 1.54) is 9.13 Å². The van der Waals surface area contributed by atoms with Crippen molar-refractivity contribution in [2.45, 2.75) is 32.5 Å². The first-order chi connectivity index (χ1) is 9.92. The molecule has 1 atom stereocenters. The number of fused-ring (bicyclic) bond motifs is 1. The number of ether oxygens (including phenoxy) is 1. The van der Waals surface area contributed by atoms with Crippen LogP contribution in [0.15, 0.2) is 9.59 Å². The number of aromatic nitrogens is 4. The Labute approximate surface area is 121 Å². The molecule has 2 rings (SSSR count). The van der Waals surface area contributed by atoms with E-state index in [9.17, 15) is 9.59 Å². The second-order valence-corrected chi connectivity index (χ2v) is 5.12. The summed E-state index contributed by atoms with van der Waals surface area (Å²) in [5, 5.41) is 0.